The molecule has 0 spiro atoms. The van der Waals surface area contributed by atoms with Gasteiger partial charge in [-0.05, 0) is 31.1 Å². The first-order valence-corrected chi connectivity index (χ1v) is 7.10. The molecular formula is C14H28N2O. The van der Waals surface area contributed by atoms with Crippen LogP contribution in [0.15, 0.2) is 0 Å². The monoisotopic (exact) mass is 240 g/mol. The van der Waals surface area contributed by atoms with Gasteiger partial charge in [0.05, 0.1) is 6.04 Å². The lowest BCUT2D eigenvalue weighted by atomic mass is 9.96. The Hall–Kier alpha value is -0.570. The summed E-state index contributed by atoms with van der Waals surface area (Å²) in [5.74, 6) is 1.20. The zero-order chi connectivity index (χ0) is 12.8. The Morgan fingerprint density at radius 2 is 2.06 bits per heavy atom. The van der Waals surface area contributed by atoms with E-state index in [-0.39, 0.29) is 17.9 Å². The van der Waals surface area contributed by atoms with Crippen molar-refractivity contribution >= 4 is 5.91 Å². The molecule has 3 heteroatoms. The quantitative estimate of drug-likeness (QED) is 0.820. The maximum Gasteiger partial charge on any atom is 0.239 e. The minimum Gasteiger partial charge on any atom is -0.341 e. The van der Waals surface area contributed by atoms with Gasteiger partial charge in [0, 0.05) is 13.1 Å². The van der Waals surface area contributed by atoms with Gasteiger partial charge < -0.3 is 10.6 Å². The summed E-state index contributed by atoms with van der Waals surface area (Å²) in [6, 6.07) is -0.322. The molecule has 0 bridgehead atoms. The summed E-state index contributed by atoms with van der Waals surface area (Å²) in [6.07, 6.45) is 6.13. The lowest BCUT2D eigenvalue weighted by molar-refractivity contribution is -0.133. The maximum atomic E-state index is 12.2. The predicted molar refractivity (Wildman–Crippen MR) is 71.6 cm³/mol. The zero-order valence-electron chi connectivity index (χ0n) is 11.6. The molecule has 2 N–H and O–H groups in total. The van der Waals surface area contributed by atoms with Crippen molar-refractivity contribution in [3.05, 3.63) is 0 Å². The fraction of sp³-hybridized carbons (Fsp3) is 0.929. The summed E-state index contributed by atoms with van der Waals surface area (Å²) in [4.78, 5) is 14.1. The third kappa shape index (κ3) is 4.30. The molecule has 1 fully saturated rings. The molecule has 0 saturated carbocycles. The van der Waals surface area contributed by atoms with Crippen molar-refractivity contribution in [2.24, 2.45) is 17.6 Å². The third-order valence-corrected chi connectivity index (χ3v) is 3.86. The lowest BCUT2D eigenvalue weighted by Gasteiger charge is -2.26. The Balaban J connectivity index is 2.48. The average Bonchev–Trinajstić information content (AvgIpc) is 2.53. The first-order chi connectivity index (χ1) is 8.06. The molecule has 1 aliphatic heterocycles. The van der Waals surface area contributed by atoms with Crippen LogP contribution in [0.4, 0.5) is 0 Å². The molecule has 0 radical (unpaired) electrons. The summed E-state index contributed by atoms with van der Waals surface area (Å²) >= 11 is 0. The standard InChI is InChI=1S/C14H28N2O/c1-4-6-12-7-5-9-16(10-8-12)14(17)13(15)11(2)3/h11-13H,4-10,15H2,1-3H3/t12?,13-/m1/s1. The van der Waals surface area contributed by atoms with Gasteiger partial charge in [-0.1, -0.05) is 33.6 Å². The van der Waals surface area contributed by atoms with Gasteiger partial charge in [0.1, 0.15) is 0 Å². The smallest absolute Gasteiger partial charge is 0.239 e. The minimum atomic E-state index is -0.322. The van der Waals surface area contributed by atoms with E-state index in [1.165, 1.54) is 19.3 Å². The van der Waals surface area contributed by atoms with Crippen LogP contribution >= 0.6 is 0 Å². The van der Waals surface area contributed by atoms with Gasteiger partial charge in [-0.3, -0.25) is 4.79 Å². The molecule has 1 aliphatic rings. The fourth-order valence-electron chi connectivity index (χ4n) is 2.58. The molecule has 0 aromatic heterocycles. The van der Waals surface area contributed by atoms with Crippen LogP contribution in [0, 0.1) is 11.8 Å². The second kappa shape index (κ2) is 7.00. The Kier molecular flexibility index (Phi) is 5.96. The van der Waals surface area contributed by atoms with Crippen LogP contribution in [0.3, 0.4) is 0 Å². The number of nitrogens with zero attached hydrogens (tertiary/aromatic N) is 1. The van der Waals surface area contributed by atoms with Crippen LogP contribution in [0.2, 0.25) is 0 Å². The second-order valence-corrected chi connectivity index (χ2v) is 5.68. The molecule has 1 saturated heterocycles. The van der Waals surface area contributed by atoms with Crippen molar-refractivity contribution in [1.82, 2.24) is 4.90 Å². The van der Waals surface area contributed by atoms with Gasteiger partial charge in [-0.2, -0.15) is 0 Å². The number of amides is 1. The summed E-state index contributed by atoms with van der Waals surface area (Å²) in [5.41, 5.74) is 5.94. The van der Waals surface area contributed by atoms with Gasteiger partial charge in [-0.25, -0.2) is 0 Å². The summed E-state index contributed by atoms with van der Waals surface area (Å²) in [6.45, 7) is 8.08. The lowest BCUT2D eigenvalue weighted by Crippen LogP contribution is -2.46. The largest absolute Gasteiger partial charge is 0.341 e. The molecule has 1 amide bonds. The van der Waals surface area contributed by atoms with E-state index in [1.54, 1.807) is 0 Å². The molecule has 1 heterocycles. The number of hydrogen-bond acceptors (Lipinski definition) is 2. The first kappa shape index (κ1) is 14.5. The maximum absolute atomic E-state index is 12.2. The molecule has 100 valence electrons. The number of carbonyl (C=O) groups is 1. The van der Waals surface area contributed by atoms with Crippen molar-refractivity contribution in [2.45, 2.75) is 58.9 Å². The minimum absolute atomic E-state index is 0.150. The van der Waals surface area contributed by atoms with Gasteiger partial charge >= 0.3 is 0 Å². The van der Waals surface area contributed by atoms with Crippen molar-refractivity contribution in [2.75, 3.05) is 13.1 Å². The number of rotatable bonds is 4. The van der Waals surface area contributed by atoms with E-state index in [2.05, 4.69) is 6.92 Å². The van der Waals surface area contributed by atoms with Crippen LogP contribution in [0.1, 0.15) is 52.9 Å². The van der Waals surface area contributed by atoms with Gasteiger partial charge in [0.2, 0.25) is 5.91 Å². The Morgan fingerprint density at radius 3 is 2.65 bits per heavy atom. The highest BCUT2D eigenvalue weighted by molar-refractivity contribution is 5.81. The first-order valence-electron chi connectivity index (χ1n) is 7.10. The molecule has 0 aliphatic carbocycles. The highest BCUT2D eigenvalue weighted by Crippen LogP contribution is 2.22. The van der Waals surface area contributed by atoms with Crippen LogP contribution in [-0.4, -0.2) is 29.9 Å². The van der Waals surface area contributed by atoms with E-state index in [9.17, 15) is 4.79 Å². The van der Waals surface area contributed by atoms with E-state index in [0.717, 1.165) is 31.8 Å². The van der Waals surface area contributed by atoms with Crippen LogP contribution in [-0.2, 0) is 4.79 Å². The normalized spacial score (nSPS) is 23.6. The third-order valence-electron chi connectivity index (χ3n) is 3.86. The van der Waals surface area contributed by atoms with Crippen molar-refractivity contribution in [3.63, 3.8) is 0 Å². The Labute approximate surface area is 106 Å². The molecule has 0 aromatic carbocycles. The van der Waals surface area contributed by atoms with Gasteiger partial charge in [0.25, 0.3) is 0 Å². The summed E-state index contributed by atoms with van der Waals surface area (Å²) in [7, 11) is 0. The molecule has 1 rings (SSSR count). The second-order valence-electron chi connectivity index (χ2n) is 5.68. The van der Waals surface area contributed by atoms with Crippen molar-refractivity contribution in [3.8, 4) is 0 Å². The molecule has 3 nitrogen and oxygen atoms in total. The molecule has 1 unspecified atom stereocenters. The molecule has 2 atom stereocenters. The number of likely N-dealkylation sites (tertiary alicyclic amines) is 1. The highest BCUT2D eigenvalue weighted by Gasteiger charge is 2.25. The molecular weight excluding hydrogens is 212 g/mol. The van der Waals surface area contributed by atoms with E-state index in [1.807, 2.05) is 18.7 Å². The van der Waals surface area contributed by atoms with E-state index >= 15 is 0 Å². The Bertz CT molecular complexity index is 240. The highest BCUT2D eigenvalue weighted by atomic mass is 16.2. The summed E-state index contributed by atoms with van der Waals surface area (Å²) < 4.78 is 0. The van der Waals surface area contributed by atoms with Gasteiger partial charge in [-0.15, -0.1) is 0 Å². The zero-order valence-corrected chi connectivity index (χ0v) is 11.6. The van der Waals surface area contributed by atoms with Gasteiger partial charge in [0.15, 0.2) is 0 Å². The predicted octanol–water partition coefficient (Wildman–Crippen LogP) is 2.40. The summed E-state index contributed by atoms with van der Waals surface area (Å²) in [5, 5.41) is 0. The van der Waals surface area contributed by atoms with Crippen LogP contribution in [0.5, 0.6) is 0 Å². The van der Waals surface area contributed by atoms with Crippen LogP contribution in [0.25, 0.3) is 0 Å². The van der Waals surface area contributed by atoms with Crippen LogP contribution < -0.4 is 5.73 Å². The van der Waals surface area contributed by atoms with E-state index in [4.69, 9.17) is 5.73 Å². The topological polar surface area (TPSA) is 46.3 Å². The average molecular weight is 240 g/mol. The van der Waals surface area contributed by atoms with E-state index < -0.39 is 0 Å². The molecule has 17 heavy (non-hydrogen) atoms. The number of carbonyl (C=O) groups excluding carboxylic acids is 1. The Morgan fingerprint density at radius 1 is 1.35 bits per heavy atom. The SMILES string of the molecule is CCCC1CCCN(C(=O)[C@H](N)C(C)C)CC1. The van der Waals surface area contributed by atoms with E-state index in [0.29, 0.717) is 0 Å². The number of nitrogens with two attached hydrogens (primary N) is 1. The fourth-order valence-corrected chi connectivity index (χ4v) is 2.58. The van der Waals surface area contributed by atoms with Crippen molar-refractivity contribution in [1.29, 1.82) is 0 Å². The number of hydrogen-bond donors (Lipinski definition) is 1. The van der Waals surface area contributed by atoms with Crippen molar-refractivity contribution < 1.29 is 4.79 Å². The molecule has 0 aromatic rings.